The maximum atomic E-state index is 12.4. The van der Waals surface area contributed by atoms with E-state index in [-0.39, 0.29) is 11.5 Å². The van der Waals surface area contributed by atoms with Crippen LogP contribution in [0.2, 0.25) is 0 Å². The maximum Gasteiger partial charge on any atom is 0.215 e. The minimum atomic E-state index is -0.293. The summed E-state index contributed by atoms with van der Waals surface area (Å²) < 4.78 is 0.906. The Kier molecular flexibility index (Phi) is 4.12. The van der Waals surface area contributed by atoms with Gasteiger partial charge >= 0.3 is 0 Å². The minimum absolute atomic E-state index is 0.0472. The number of carbonyl (C=O) groups is 1. The molecule has 2 aromatic rings. The second-order valence-electron chi connectivity index (χ2n) is 4.10. The molecule has 0 bridgehead atoms. The van der Waals surface area contributed by atoms with Crippen LogP contribution >= 0.6 is 15.9 Å². The fourth-order valence-electron chi connectivity index (χ4n) is 1.84. The molecular formula is C15H12BrNO2. The molecule has 2 rings (SSSR count). The van der Waals surface area contributed by atoms with Crippen LogP contribution < -0.4 is 0 Å². The van der Waals surface area contributed by atoms with Crippen molar-refractivity contribution in [3.63, 3.8) is 0 Å². The lowest BCUT2D eigenvalue weighted by molar-refractivity contribution is 0.106. The fraction of sp³-hybridized carbons (Fsp3) is 0.0667. The molecule has 1 N–H and O–H groups in total. The Labute approximate surface area is 119 Å². The van der Waals surface area contributed by atoms with E-state index in [0.717, 1.165) is 10.0 Å². The molecule has 0 aliphatic heterocycles. The van der Waals surface area contributed by atoms with E-state index < -0.39 is 0 Å². The number of nitrogens with zero attached hydrogens (tertiary/aromatic N) is 1. The Morgan fingerprint density at radius 3 is 2.42 bits per heavy atom. The van der Waals surface area contributed by atoms with Gasteiger partial charge in [0.2, 0.25) is 5.78 Å². The van der Waals surface area contributed by atoms with Gasteiger partial charge in [0, 0.05) is 15.6 Å². The molecule has 2 aromatic carbocycles. The number of halogens is 1. The van der Waals surface area contributed by atoms with Gasteiger partial charge in [-0.25, -0.2) is 0 Å². The van der Waals surface area contributed by atoms with Gasteiger partial charge in [0.15, 0.2) is 5.71 Å². The largest absolute Gasteiger partial charge is 0.410 e. The highest BCUT2D eigenvalue weighted by atomic mass is 79.9. The molecule has 3 nitrogen and oxygen atoms in total. The third kappa shape index (κ3) is 2.90. The molecule has 0 aromatic heterocycles. The molecule has 96 valence electrons. The molecule has 0 saturated carbocycles. The van der Waals surface area contributed by atoms with Crippen molar-refractivity contribution in [2.75, 3.05) is 0 Å². The Morgan fingerprint density at radius 1 is 1.16 bits per heavy atom. The van der Waals surface area contributed by atoms with E-state index in [0.29, 0.717) is 11.1 Å². The number of benzene rings is 2. The average Bonchev–Trinajstić information content (AvgIpc) is 2.40. The van der Waals surface area contributed by atoms with Crippen molar-refractivity contribution in [2.24, 2.45) is 5.16 Å². The van der Waals surface area contributed by atoms with Gasteiger partial charge in [-0.1, -0.05) is 51.4 Å². The predicted molar refractivity (Wildman–Crippen MR) is 78.0 cm³/mol. The molecule has 0 unspecified atom stereocenters. The average molecular weight is 318 g/mol. The number of aryl methyl sites for hydroxylation is 1. The van der Waals surface area contributed by atoms with Gasteiger partial charge in [-0.15, -0.1) is 0 Å². The number of hydrogen-bond acceptors (Lipinski definition) is 3. The first-order valence-corrected chi connectivity index (χ1v) is 6.51. The van der Waals surface area contributed by atoms with Crippen molar-refractivity contribution in [1.29, 1.82) is 0 Å². The summed E-state index contributed by atoms with van der Waals surface area (Å²) in [5.74, 6) is -0.293. The molecule has 19 heavy (non-hydrogen) atoms. The molecule has 0 saturated heterocycles. The number of carbonyl (C=O) groups excluding carboxylic acids is 1. The minimum Gasteiger partial charge on any atom is -0.410 e. The van der Waals surface area contributed by atoms with Crippen LogP contribution in [-0.2, 0) is 0 Å². The number of hydrogen-bond donors (Lipinski definition) is 1. The summed E-state index contributed by atoms with van der Waals surface area (Å²) in [7, 11) is 0. The van der Waals surface area contributed by atoms with Crippen molar-refractivity contribution in [3.05, 3.63) is 69.7 Å². The lowest BCUT2D eigenvalue weighted by Gasteiger charge is -2.07. The van der Waals surface area contributed by atoms with E-state index in [9.17, 15) is 4.79 Å². The Bertz CT molecular complexity index is 636. The van der Waals surface area contributed by atoms with Crippen LogP contribution in [0.1, 0.15) is 21.5 Å². The van der Waals surface area contributed by atoms with Gasteiger partial charge in [0.05, 0.1) is 0 Å². The molecule has 0 aliphatic rings. The highest BCUT2D eigenvalue weighted by Gasteiger charge is 2.18. The maximum absolute atomic E-state index is 12.4. The van der Waals surface area contributed by atoms with E-state index in [1.54, 1.807) is 36.4 Å². The van der Waals surface area contributed by atoms with E-state index in [1.165, 1.54) is 0 Å². The third-order valence-corrected chi connectivity index (χ3v) is 3.29. The van der Waals surface area contributed by atoms with Gasteiger partial charge in [-0.05, 0) is 30.7 Å². The summed E-state index contributed by atoms with van der Waals surface area (Å²) in [6.07, 6.45) is 0. The first-order chi connectivity index (χ1) is 9.13. The van der Waals surface area contributed by atoms with E-state index in [2.05, 4.69) is 21.1 Å². The van der Waals surface area contributed by atoms with Crippen LogP contribution in [0.5, 0.6) is 0 Å². The summed E-state index contributed by atoms with van der Waals surface area (Å²) in [5, 5.41) is 12.3. The zero-order chi connectivity index (χ0) is 13.8. The zero-order valence-electron chi connectivity index (χ0n) is 10.3. The quantitative estimate of drug-likeness (QED) is 0.405. The van der Waals surface area contributed by atoms with Gasteiger partial charge in [0.25, 0.3) is 0 Å². The Balaban J connectivity index is 2.43. The summed E-state index contributed by atoms with van der Waals surface area (Å²) in [6.45, 7) is 1.85. The van der Waals surface area contributed by atoms with Gasteiger partial charge in [0.1, 0.15) is 0 Å². The summed E-state index contributed by atoms with van der Waals surface area (Å²) >= 11 is 3.35. The predicted octanol–water partition coefficient (Wildman–Crippen LogP) is 3.82. The number of rotatable bonds is 3. The van der Waals surface area contributed by atoms with Crippen molar-refractivity contribution in [3.8, 4) is 0 Å². The Hall–Kier alpha value is -1.94. The van der Waals surface area contributed by atoms with Crippen LogP contribution in [0.25, 0.3) is 0 Å². The van der Waals surface area contributed by atoms with E-state index >= 15 is 0 Å². The van der Waals surface area contributed by atoms with Crippen LogP contribution in [0, 0.1) is 6.92 Å². The molecule has 0 atom stereocenters. The number of oxime groups is 1. The molecule has 0 spiro atoms. The molecule has 4 heteroatoms. The first-order valence-electron chi connectivity index (χ1n) is 5.72. The number of ketones is 1. The second kappa shape index (κ2) is 5.80. The fourth-order valence-corrected chi connectivity index (χ4v) is 2.32. The monoisotopic (exact) mass is 317 g/mol. The van der Waals surface area contributed by atoms with Crippen molar-refractivity contribution < 1.29 is 10.0 Å². The van der Waals surface area contributed by atoms with E-state index in [1.807, 2.05) is 19.1 Å². The van der Waals surface area contributed by atoms with Crippen LogP contribution in [0.4, 0.5) is 0 Å². The van der Waals surface area contributed by atoms with Crippen molar-refractivity contribution >= 4 is 27.4 Å². The summed E-state index contributed by atoms with van der Waals surface area (Å²) in [4.78, 5) is 12.4. The van der Waals surface area contributed by atoms with Gasteiger partial charge in [-0.3, -0.25) is 4.79 Å². The first kappa shape index (κ1) is 13.5. The van der Waals surface area contributed by atoms with E-state index in [4.69, 9.17) is 5.21 Å². The van der Waals surface area contributed by atoms with Crippen LogP contribution in [-0.4, -0.2) is 16.7 Å². The molecule has 0 amide bonds. The molecular weight excluding hydrogens is 306 g/mol. The highest BCUT2D eigenvalue weighted by Crippen LogP contribution is 2.18. The van der Waals surface area contributed by atoms with Crippen molar-refractivity contribution in [2.45, 2.75) is 6.92 Å². The molecule has 0 aliphatic carbocycles. The van der Waals surface area contributed by atoms with Crippen molar-refractivity contribution in [1.82, 2.24) is 0 Å². The van der Waals surface area contributed by atoms with Gasteiger partial charge in [-0.2, -0.15) is 0 Å². The highest BCUT2D eigenvalue weighted by molar-refractivity contribution is 9.10. The van der Waals surface area contributed by atoms with Crippen LogP contribution in [0.15, 0.2) is 58.2 Å². The summed E-state index contributed by atoms with van der Waals surface area (Å²) in [5.41, 5.74) is 2.00. The van der Waals surface area contributed by atoms with Crippen LogP contribution in [0.3, 0.4) is 0 Å². The Morgan fingerprint density at radius 2 is 1.84 bits per heavy atom. The standard InChI is InChI=1S/C15H12BrNO2/c1-10-9-12(16)7-8-13(10)15(18)14(17-19)11-5-3-2-4-6-11/h2-9,19H,1H3/b17-14+. The zero-order valence-corrected chi connectivity index (χ0v) is 11.9. The molecule has 0 heterocycles. The lowest BCUT2D eigenvalue weighted by atomic mass is 9.97. The normalized spacial score (nSPS) is 11.4. The summed E-state index contributed by atoms with van der Waals surface area (Å²) in [6, 6.07) is 14.3. The SMILES string of the molecule is Cc1cc(Br)ccc1C(=O)/C(=N/O)c1ccccc1. The smallest absolute Gasteiger partial charge is 0.215 e. The van der Waals surface area contributed by atoms with Gasteiger partial charge < -0.3 is 5.21 Å². The lowest BCUT2D eigenvalue weighted by Crippen LogP contribution is -2.17. The molecule has 0 radical (unpaired) electrons. The number of Topliss-reactive ketones (excluding diaryl/α,β-unsaturated/α-hetero) is 1. The topological polar surface area (TPSA) is 49.7 Å². The second-order valence-corrected chi connectivity index (χ2v) is 5.02. The third-order valence-electron chi connectivity index (χ3n) is 2.80. The molecule has 0 fully saturated rings.